The van der Waals surface area contributed by atoms with E-state index < -0.39 is 11.9 Å². The summed E-state index contributed by atoms with van der Waals surface area (Å²) in [5.41, 5.74) is 1.74. The SMILES string of the molecule is Cc1ccc(C(=O)O)cc1.Cl.O=C(O)c1ccccc1. The fourth-order valence-corrected chi connectivity index (χ4v) is 1.28. The van der Waals surface area contributed by atoms with Gasteiger partial charge in [-0.15, -0.1) is 12.4 Å². The summed E-state index contributed by atoms with van der Waals surface area (Å²) in [6.07, 6.45) is 0. The first kappa shape index (κ1) is 17.7. The number of hydrogen-bond acceptors (Lipinski definition) is 2. The van der Waals surface area contributed by atoms with Crippen LogP contribution in [0.15, 0.2) is 54.6 Å². The van der Waals surface area contributed by atoms with Gasteiger partial charge in [0.25, 0.3) is 0 Å². The Labute approximate surface area is 123 Å². The van der Waals surface area contributed by atoms with Crippen LogP contribution in [0.25, 0.3) is 0 Å². The highest BCUT2D eigenvalue weighted by atomic mass is 35.5. The Hall–Kier alpha value is -2.33. The smallest absolute Gasteiger partial charge is 0.335 e. The van der Waals surface area contributed by atoms with E-state index in [1.165, 1.54) is 0 Å². The van der Waals surface area contributed by atoms with Crippen molar-refractivity contribution in [3.8, 4) is 0 Å². The number of aromatic carboxylic acids is 2. The summed E-state index contributed by atoms with van der Waals surface area (Å²) >= 11 is 0. The molecule has 0 bridgehead atoms. The largest absolute Gasteiger partial charge is 0.478 e. The first-order valence-corrected chi connectivity index (χ1v) is 5.59. The second kappa shape index (κ2) is 8.72. The molecule has 0 spiro atoms. The third-order valence-electron chi connectivity index (χ3n) is 2.32. The van der Waals surface area contributed by atoms with Gasteiger partial charge in [0.1, 0.15) is 0 Å². The molecule has 0 amide bonds. The molecule has 2 rings (SSSR count). The van der Waals surface area contributed by atoms with Crippen LogP contribution in [-0.2, 0) is 0 Å². The van der Waals surface area contributed by atoms with Gasteiger partial charge in [-0.25, -0.2) is 9.59 Å². The predicted molar refractivity (Wildman–Crippen MR) is 78.8 cm³/mol. The van der Waals surface area contributed by atoms with E-state index in [1.807, 2.05) is 6.92 Å². The van der Waals surface area contributed by atoms with Crippen molar-refractivity contribution in [1.29, 1.82) is 0 Å². The Morgan fingerprint density at radius 1 is 0.750 bits per heavy atom. The maximum atomic E-state index is 10.3. The Morgan fingerprint density at radius 2 is 1.15 bits per heavy atom. The molecule has 0 unspecified atom stereocenters. The molecule has 0 aliphatic heterocycles. The van der Waals surface area contributed by atoms with Crippen LogP contribution in [-0.4, -0.2) is 22.2 Å². The minimum atomic E-state index is -0.879. The summed E-state index contributed by atoms with van der Waals surface area (Å²) in [6.45, 7) is 1.92. The van der Waals surface area contributed by atoms with Gasteiger partial charge in [0.2, 0.25) is 0 Å². The molecule has 106 valence electrons. The van der Waals surface area contributed by atoms with Crippen LogP contribution in [0.2, 0.25) is 0 Å². The first-order chi connectivity index (χ1) is 9.00. The number of halogens is 1. The van der Waals surface area contributed by atoms with Crippen molar-refractivity contribution in [3.63, 3.8) is 0 Å². The monoisotopic (exact) mass is 294 g/mol. The number of carbonyl (C=O) groups is 2. The van der Waals surface area contributed by atoms with Crippen molar-refractivity contribution >= 4 is 24.3 Å². The van der Waals surface area contributed by atoms with Gasteiger partial charge in [-0.3, -0.25) is 0 Å². The lowest BCUT2D eigenvalue weighted by Gasteiger charge is -1.92. The molecule has 20 heavy (non-hydrogen) atoms. The minimum Gasteiger partial charge on any atom is -0.478 e. The molecule has 2 N–H and O–H groups in total. The van der Waals surface area contributed by atoms with Crippen LogP contribution in [0.4, 0.5) is 0 Å². The zero-order chi connectivity index (χ0) is 14.3. The van der Waals surface area contributed by atoms with Crippen LogP contribution in [0.3, 0.4) is 0 Å². The van der Waals surface area contributed by atoms with E-state index in [0.29, 0.717) is 11.1 Å². The standard InChI is InChI=1S/C8H8O2.C7H6O2.ClH/c1-6-2-4-7(5-3-6)8(9)10;8-7(9)6-4-2-1-3-5-6;/h2-5H,1H3,(H,9,10);1-5H,(H,8,9);1H. The summed E-state index contributed by atoms with van der Waals surface area (Å²) in [4.78, 5) is 20.5. The Kier molecular flexibility index (Phi) is 7.70. The van der Waals surface area contributed by atoms with Crippen LogP contribution in [0.5, 0.6) is 0 Å². The van der Waals surface area contributed by atoms with E-state index in [9.17, 15) is 9.59 Å². The van der Waals surface area contributed by atoms with Gasteiger partial charge in [0.05, 0.1) is 11.1 Å². The summed E-state index contributed by atoms with van der Waals surface area (Å²) in [6, 6.07) is 15.0. The van der Waals surface area contributed by atoms with Gasteiger partial charge >= 0.3 is 11.9 Å². The van der Waals surface area contributed by atoms with Crippen molar-refractivity contribution in [1.82, 2.24) is 0 Å². The maximum Gasteiger partial charge on any atom is 0.335 e. The molecule has 0 saturated heterocycles. The van der Waals surface area contributed by atoms with Crippen LogP contribution in [0.1, 0.15) is 26.3 Å². The summed E-state index contributed by atoms with van der Waals surface area (Å²) in [5, 5.41) is 16.9. The van der Waals surface area contributed by atoms with Crippen molar-refractivity contribution < 1.29 is 19.8 Å². The zero-order valence-corrected chi connectivity index (χ0v) is 11.6. The van der Waals surface area contributed by atoms with Crippen molar-refractivity contribution in [2.24, 2.45) is 0 Å². The van der Waals surface area contributed by atoms with Gasteiger partial charge in [0, 0.05) is 0 Å². The number of carboxylic acids is 2. The lowest BCUT2D eigenvalue weighted by atomic mass is 10.2. The average molecular weight is 295 g/mol. The highest BCUT2D eigenvalue weighted by molar-refractivity contribution is 5.87. The highest BCUT2D eigenvalue weighted by Gasteiger charge is 1.98. The molecule has 2 aromatic carbocycles. The Bertz CT molecular complexity index is 550. The van der Waals surface area contributed by atoms with Crippen LogP contribution >= 0.6 is 12.4 Å². The molecule has 0 fully saturated rings. The summed E-state index contributed by atoms with van der Waals surface area (Å²) in [5.74, 6) is -1.75. The molecule has 0 aliphatic rings. The molecule has 2 aromatic rings. The first-order valence-electron chi connectivity index (χ1n) is 5.59. The average Bonchev–Trinajstić information content (AvgIpc) is 2.41. The van der Waals surface area contributed by atoms with E-state index in [1.54, 1.807) is 54.6 Å². The molecule has 0 radical (unpaired) electrons. The topological polar surface area (TPSA) is 74.6 Å². The number of benzene rings is 2. The second-order valence-corrected chi connectivity index (χ2v) is 3.84. The summed E-state index contributed by atoms with van der Waals surface area (Å²) < 4.78 is 0. The van der Waals surface area contributed by atoms with Gasteiger partial charge in [-0.2, -0.15) is 0 Å². The molecule has 5 heteroatoms. The number of aryl methyl sites for hydroxylation is 1. The van der Waals surface area contributed by atoms with Crippen molar-refractivity contribution in [2.75, 3.05) is 0 Å². The molecular formula is C15H15ClO4. The Balaban J connectivity index is 0.000000345. The van der Waals surface area contributed by atoms with E-state index in [2.05, 4.69) is 0 Å². The van der Waals surface area contributed by atoms with Gasteiger partial charge in [-0.05, 0) is 31.2 Å². The molecule has 0 aliphatic carbocycles. The second-order valence-electron chi connectivity index (χ2n) is 3.84. The van der Waals surface area contributed by atoms with E-state index >= 15 is 0 Å². The third-order valence-corrected chi connectivity index (χ3v) is 2.32. The van der Waals surface area contributed by atoms with E-state index in [-0.39, 0.29) is 12.4 Å². The zero-order valence-electron chi connectivity index (χ0n) is 10.8. The molecule has 4 nitrogen and oxygen atoms in total. The highest BCUT2D eigenvalue weighted by Crippen LogP contribution is 2.01. The predicted octanol–water partition coefficient (Wildman–Crippen LogP) is 3.50. The van der Waals surface area contributed by atoms with E-state index in [4.69, 9.17) is 10.2 Å². The normalized spacial score (nSPS) is 8.65. The van der Waals surface area contributed by atoms with Crippen molar-refractivity contribution in [2.45, 2.75) is 6.92 Å². The minimum absolute atomic E-state index is 0. The van der Waals surface area contributed by atoms with Crippen molar-refractivity contribution in [3.05, 3.63) is 71.3 Å². The molecular weight excluding hydrogens is 280 g/mol. The third kappa shape index (κ3) is 6.02. The van der Waals surface area contributed by atoms with Crippen LogP contribution in [0, 0.1) is 6.92 Å². The quantitative estimate of drug-likeness (QED) is 0.889. The van der Waals surface area contributed by atoms with Gasteiger partial charge in [-0.1, -0.05) is 35.9 Å². The molecule has 0 aromatic heterocycles. The fraction of sp³-hybridized carbons (Fsp3) is 0.0667. The fourth-order valence-electron chi connectivity index (χ4n) is 1.28. The molecule has 0 atom stereocenters. The van der Waals surface area contributed by atoms with Gasteiger partial charge < -0.3 is 10.2 Å². The number of hydrogen-bond donors (Lipinski definition) is 2. The lowest BCUT2D eigenvalue weighted by molar-refractivity contribution is 0.0686. The van der Waals surface area contributed by atoms with E-state index in [0.717, 1.165) is 5.56 Å². The number of carboxylic acid groups (broad SMARTS) is 2. The number of rotatable bonds is 2. The molecule has 0 heterocycles. The lowest BCUT2D eigenvalue weighted by Crippen LogP contribution is -1.94. The summed E-state index contributed by atoms with van der Waals surface area (Å²) in [7, 11) is 0. The maximum absolute atomic E-state index is 10.3. The van der Waals surface area contributed by atoms with Crippen LogP contribution < -0.4 is 0 Å². The van der Waals surface area contributed by atoms with Gasteiger partial charge in [0.15, 0.2) is 0 Å². The Morgan fingerprint density at radius 3 is 1.50 bits per heavy atom. The molecule has 0 saturated carbocycles.